The van der Waals surface area contributed by atoms with Gasteiger partial charge in [-0.15, -0.1) is 0 Å². The molecule has 1 heterocycles. The zero-order valence-corrected chi connectivity index (χ0v) is 12.2. The molecule has 21 heavy (non-hydrogen) atoms. The van der Waals surface area contributed by atoms with Gasteiger partial charge in [0.1, 0.15) is 5.69 Å². The van der Waals surface area contributed by atoms with Gasteiger partial charge in [0.05, 0.1) is 11.1 Å². The lowest BCUT2D eigenvalue weighted by Gasteiger charge is -2.09. The standard InChI is InChI=1S/C17H16N2O2/c1-9-6-10(2)15(11(3)7-9)16-13-5-4-12(17(20)21)8-14(13)18-19-16/h4-8H,1-3H3,(H,18,19)(H,20,21). The fraction of sp³-hybridized carbons (Fsp3) is 0.176. The van der Waals surface area contributed by atoms with Gasteiger partial charge in [-0.1, -0.05) is 17.7 Å². The van der Waals surface area contributed by atoms with Crippen molar-refractivity contribution in [1.82, 2.24) is 10.2 Å². The van der Waals surface area contributed by atoms with Crippen molar-refractivity contribution >= 4 is 16.9 Å². The van der Waals surface area contributed by atoms with E-state index in [-0.39, 0.29) is 5.56 Å². The zero-order valence-electron chi connectivity index (χ0n) is 12.2. The number of aromatic nitrogens is 2. The van der Waals surface area contributed by atoms with Gasteiger partial charge >= 0.3 is 5.97 Å². The summed E-state index contributed by atoms with van der Waals surface area (Å²) in [5.74, 6) is -0.934. The molecule has 3 rings (SSSR count). The van der Waals surface area contributed by atoms with E-state index >= 15 is 0 Å². The van der Waals surface area contributed by atoms with Crippen LogP contribution < -0.4 is 0 Å². The van der Waals surface area contributed by atoms with Crippen LogP contribution in [0.5, 0.6) is 0 Å². The molecule has 4 nitrogen and oxygen atoms in total. The summed E-state index contributed by atoms with van der Waals surface area (Å²) < 4.78 is 0. The van der Waals surface area contributed by atoms with Gasteiger partial charge in [0, 0.05) is 10.9 Å². The molecule has 0 aliphatic heterocycles. The van der Waals surface area contributed by atoms with Crippen molar-refractivity contribution in [3.8, 4) is 11.3 Å². The SMILES string of the molecule is Cc1cc(C)c(-c2n[nH]c3cc(C(=O)O)ccc23)c(C)c1. The monoisotopic (exact) mass is 280 g/mol. The van der Waals surface area contributed by atoms with Gasteiger partial charge in [-0.25, -0.2) is 4.79 Å². The Labute approximate surface area is 122 Å². The average molecular weight is 280 g/mol. The molecule has 1 aromatic heterocycles. The number of rotatable bonds is 2. The van der Waals surface area contributed by atoms with Crippen LogP contribution in [0.25, 0.3) is 22.2 Å². The molecule has 0 saturated carbocycles. The highest BCUT2D eigenvalue weighted by Crippen LogP contribution is 2.32. The maximum Gasteiger partial charge on any atom is 0.335 e. The maximum atomic E-state index is 11.0. The number of carbonyl (C=O) groups is 1. The second-order valence-corrected chi connectivity index (χ2v) is 5.41. The summed E-state index contributed by atoms with van der Waals surface area (Å²) in [6.45, 7) is 6.22. The molecule has 0 fully saturated rings. The third-order valence-corrected chi connectivity index (χ3v) is 3.72. The van der Waals surface area contributed by atoms with Crippen LogP contribution in [-0.2, 0) is 0 Å². The topological polar surface area (TPSA) is 66.0 Å². The highest BCUT2D eigenvalue weighted by molar-refractivity contribution is 5.99. The molecular weight excluding hydrogens is 264 g/mol. The number of carboxylic acids is 1. The lowest BCUT2D eigenvalue weighted by atomic mass is 9.95. The summed E-state index contributed by atoms with van der Waals surface area (Å²) in [6, 6.07) is 9.31. The number of H-pyrrole nitrogens is 1. The number of hydrogen-bond donors (Lipinski definition) is 2. The number of aromatic carboxylic acids is 1. The summed E-state index contributed by atoms with van der Waals surface area (Å²) in [4.78, 5) is 11.0. The van der Waals surface area contributed by atoms with Gasteiger partial charge in [-0.05, 0) is 50.1 Å². The molecule has 0 atom stereocenters. The molecule has 0 saturated heterocycles. The minimum absolute atomic E-state index is 0.259. The number of hydrogen-bond acceptors (Lipinski definition) is 2. The fourth-order valence-electron chi connectivity index (χ4n) is 2.90. The van der Waals surface area contributed by atoms with Crippen LogP contribution in [0.15, 0.2) is 30.3 Å². The summed E-state index contributed by atoms with van der Waals surface area (Å²) in [6.07, 6.45) is 0. The first-order valence-corrected chi connectivity index (χ1v) is 6.77. The molecule has 0 amide bonds. The van der Waals surface area contributed by atoms with Crippen LogP contribution in [0.4, 0.5) is 0 Å². The minimum atomic E-state index is -0.934. The first-order chi connectivity index (χ1) is 9.97. The first-order valence-electron chi connectivity index (χ1n) is 6.77. The summed E-state index contributed by atoms with van der Waals surface area (Å²) in [5, 5.41) is 17.3. The van der Waals surface area contributed by atoms with Crippen molar-refractivity contribution in [3.05, 3.63) is 52.6 Å². The molecule has 3 aromatic rings. The highest BCUT2D eigenvalue weighted by Gasteiger charge is 2.14. The van der Waals surface area contributed by atoms with E-state index in [4.69, 9.17) is 5.11 Å². The van der Waals surface area contributed by atoms with Gasteiger partial charge in [0.2, 0.25) is 0 Å². The molecule has 0 spiro atoms. The van der Waals surface area contributed by atoms with Crippen LogP contribution >= 0.6 is 0 Å². The molecule has 0 aliphatic carbocycles. The van der Waals surface area contributed by atoms with Crippen LogP contribution in [0.3, 0.4) is 0 Å². The van der Waals surface area contributed by atoms with Crippen LogP contribution in [-0.4, -0.2) is 21.3 Å². The summed E-state index contributed by atoms with van der Waals surface area (Å²) in [7, 11) is 0. The maximum absolute atomic E-state index is 11.0. The van der Waals surface area contributed by atoms with E-state index in [2.05, 4.69) is 43.1 Å². The Bertz CT molecular complexity index is 839. The second-order valence-electron chi connectivity index (χ2n) is 5.41. The molecule has 2 aromatic carbocycles. The van der Waals surface area contributed by atoms with E-state index in [0.717, 1.165) is 22.2 Å². The number of carboxylic acid groups (broad SMARTS) is 1. The largest absolute Gasteiger partial charge is 0.478 e. The normalized spacial score (nSPS) is 11.0. The van der Waals surface area contributed by atoms with Crippen LogP contribution in [0.2, 0.25) is 0 Å². The van der Waals surface area contributed by atoms with Gasteiger partial charge in [-0.3, -0.25) is 5.10 Å². The molecule has 4 heteroatoms. The van der Waals surface area contributed by atoms with Crippen LogP contribution in [0, 0.1) is 20.8 Å². The fourth-order valence-corrected chi connectivity index (χ4v) is 2.90. The molecule has 0 aliphatic rings. The van der Waals surface area contributed by atoms with Crippen LogP contribution in [0.1, 0.15) is 27.0 Å². The highest BCUT2D eigenvalue weighted by atomic mass is 16.4. The van der Waals surface area contributed by atoms with E-state index in [9.17, 15) is 4.79 Å². The summed E-state index contributed by atoms with van der Waals surface area (Å²) >= 11 is 0. The number of fused-ring (bicyclic) bond motifs is 1. The molecule has 2 N–H and O–H groups in total. The van der Waals surface area contributed by atoms with E-state index in [0.29, 0.717) is 0 Å². The minimum Gasteiger partial charge on any atom is -0.478 e. The molecule has 0 radical (unpaired) electrons. The Hall–Kier alpha value is -2.62. The van der Waals surface area contributed by atoms with Crippen molar-refractivity contribution in [2.75, 3.05) is 0 Å². The Morgan fingerprint density at radius 2 is 1.76 bits per heavy atom. The Kier molecular flexibility index (Phi) is 3.01. The Balaban J connectivity index is 2.25. The van der Waals surface area contributed by atoms with Gasteiger partial charge in [0.15, 0.2) is 0 Å². The average Bonchev–Trinajstić information content (AvgIpc) is 2.80. The van der Waals surface area contributed by atoms with Gasteiger partial charge in [0.25, 0.3) is 0 Å². The third kappa shape index (κ3) is 2.18. The van der Waals surface area contributed by atoms with Crippen molar-refractivity contribution in [1.29, 1.82) is 0 Å². The number of nitrogens with one attached hydrogen (secondary N) is 1. The molecule has 0 bridgehead atoms. The number of aryl methyl sites for hydroxylation is 3. The first kappa shape index (κ1) is 13.4. The van der Waals surface area contributed by atoms with E-state index < -0.39 is 5.97 Å². The van der Waals surface area contributed by atoms with Crippen molar-refractivity contribution in [2.24, 2.45) is 0 Å². The van der Waals surface area contributed by atoms with E-state index in [1.807, 2.05) is 6.07 Å². The molecular formula is C17H16N2O2. The van der Waals surface area contributed by atoms with Gasteiger partial charge < -0.3 is 5.11 Å². The van der Waals surface area contributed by atoms with Crippen molar-refractivity contribution < 1.29 is 9.90 Å². The number of aromatic amines is 1. The second kappa shape index (κ2) is 4.74. The lowest BCUT2D eigenvalue weighted by molar-refractivity contribution is 0.0697. The number of nitrogens with zero attached hydrogens (tertiary/aromatic N) is 1. The van der Waals surface area contributed by atoms with Crippen molar-refractivity contribution in [3.63, 3.8) is 0 Å². The van der Waals surface area contributed by atoms with Crippen molar-refractivity contribution in [2.45, 2.75) is 20.8 Å². The summed E-state index contributed by atoms with van der Waals surface area (Å²) in [5.41, 5.74) is 6.54. The predicted molar refractivity (Wildman–Crippen MR) is 82.7 cm³/mol. The predicted octanol–water partition coefficient (Wildman–Crippen LogP) is 3.85. The number of benzene rings is 2. The van der Waals surface area contributed by atoms with Gasteiger partial charge in [-0.2, -0.15) is 5.10 Å². The smallest absolute Gasteiger partial charge is 0.335 e. The Morgan fingerprint density at radius 1 is 1.10 bits per heavy atom. The quantitative estimate of drug-likeness (QED) is 0.749. The van der Waals surface area contributed by atoms with E-state index in [1.165, 1.54) is 16.7 Å². The lowest BCUT2D eigenvalue weighted by Crippen LogP contribution is -1.95. The van der Waals surface area contributed by atoms with E-state index in [1.54, 1.807) is 12.1 Å². The third-order valence-electron chi connectivity index (χ3n) is 3.72. The Morgan fingerprint density at radius 3 is 2.38 bits per heavy atom. The molecule has 106 valence electrons. The molecule has 0 unspecified atom stereocenters. The zero-order chi connectivity index (χ0) is 15.1.